The van der Waals surface area contributed by atoms with Crippen LogP contribution in [0.4, 0.5) is 0 Å². The quantitative estimate of drug-likeness (QED) is 0.777. The third kappa shape index (κ3) is 3.00. The molecule has 1 aliphatic heterocycles. The van der Waals surface area contributed by atoms with Crippen molar-refractivity contribution in [1.82, 2.24) is 15.0 Å². The molecular weight excluding hydrogens is 298 g/mol. The van der Waals surface area contributed by atoms with Crippen molar-refractivity contribution < 1.29 is 18.9 Å². The molecule has 1 aromatic rings. The molecule has 2 heterocycles. The minimum Gasteiger partial charge on any atom is -0.361 e. The number of carbonyl (C=O) groups excluding carboxylic acids is 3. The van der Waals surface area contributed by atoms with Crippen LogP contribution in [0, 0.1) is 18.8 Å². The Morgan fingerprint density at radius 1 is 1.30 bits per heavy atom. The molecule has 1 saturated heterocycles. The topological polar surface area (TPSA) is 83.7 Å². The summed E-state index contributed by atoms with van der Waals surface area (Å²) in [5, 5.41) is 3.84. The van der Waals surface area contributed by atoms with Crippen molar-refractivity contribution in [2.24, 2.45) is 11.8 Å². The summed E-state index contributed by atoms with van der Waals surface area (Å²) in [5.41, 5.74) is 0.645. The summed E-state index contributed by atoms with van der Waals surface area (Å²) in [5.74, 6) is -0.390. The van der Waals surface area contributed by atoms with Gasteiger partial charge in [-0.3, -0.25) is 19.3 Å². The fraction of sp³-hybridized carbons (Fsp3) is 0.625. The van der Waals surface area contributed by atoms with Crippen molar-refractivity contribution in [1.29, 1.82) is 0 Å². The van der Waals surface area contributed by atoms with Gasteiger partial charge in [0.25, 0.3) is 0 Å². The van der Waals surface area contributed by atoms with E-state index in [2.05, 4.69) is 5.16 Å². The second kappa shape index (κ2) is 6.14. The first-order valence-corrected chi connectivity index (χ1v) is 7.98. The first-order chi connectivity index (χ1) is 11.0. The van der Waals surface area contributed by atoms with Gasteiger partial charge in [0.2, 0.25) is 17.7 Å². The molecule has 0 bridgehead atoms. The number of aryl methyl sites for hydroxylation is 1. The van der Waals surface area contributed by atoms with Gasteiger partial charge >= 0.3 is 0 Å². The molecule has 124 valence electrons. The number of hydrogen-bond donors (Lipinski definition) is 0. The highest BCUT2D eigenvalue weighted by Gasteiger charge is 2.48. The predicted octanol–water partition coefficient (Wildman–Crippen LogP) is 1.12. The number of rotatable bonds is 4. The Labute approximate surface area is 134 Å². The minimum absolute atomic E-state index is 0.182. The van der Waals surface area contributed by atoms with Gasteiger partial charge < -0.3 is 9.42 Å². The van der Waals surface area contributed by atoms with Crippen LogP contribution in [0.3, 0.4) is 0 Å². The number of likely N-dealkylation sites (tertiary alicyclic amines) is 1. The maximum atomic E-state index is 12.4. The number of carbonyl (C=O) groups is 3. The molecule has 0 N–H and O–H groups in total. The Balaban J connectivity index is 1.62. The number of nitrogens with zero attached hydrogens (tertiary/aromatic N) is 3. The maximum Gasteiger partial charge on any atom is 0.242 e. The van der Waals surface area contributed by atoms with Gasteiger partial charge in [0.1, 0.15) is 18.0 Å². The monoisotopic (exact) mass is 319 g/mol. The summed E-state index contributed by atoms with van der Waals surface area (Å²) >= 11 is 0. The molecule has 0 spiro atoms. The van der Waals surface area contributed by atoms with E-state index in [0.29, 0.717) is 18.0 Å². The Kier molecular flexibility index (Phi) is 4.19. The largest absolute Gasteiger partial charge is 0.361 e. The SMILES string of the molecule is Cc1cc(CN(C)C(=O)CN2C(=O)[C@H]3CCCC[C@H]3C2=O)no1. The Bertz CT molecular complexity index is 615. The van der Waals surface area contributed by atoms with Crippen molar-refractivity contribution in [3.8, 4) is 0 Å². The van der Waals surface area contributed by atoms with Crippen molar-refractivity contribution in [3.63, 3.8) is 0 Å². The third-order valence-electron chi connectivity index (χ3n) is 4.73. The lowest BCUT2D eigenvalue weighted by Gasteiger charge is -2.20. The molecule has 2 aliphatic rings. The Hall–Kier alpha value is -2.18. The zero-order chi connectivity index (χ0) is 16.6. The van der Waals surface area contributed by atoms with Gasteiger partial charge in [0.05, 0.1) is 18.4 Å². The zero-order valence-electron chi connectivity index (χ0n) is 13.4. The molecule has 7 nitrogen and oxygen atoms in total. The van der Waals surface area contributed by atoms with E-state index >= 15 is 0 Å². The van der Waals surface area contributed by atoms with Crippen LogP contribution in [0.5, 0.6) is 0 Å². The van der Waals surface area contributed by atoms with Crippen molar-refractivity contribution in [2.75, 3.05) is 13.6 Å². The molecule has 7 heteroatoms. The fourth-order valence-electron chi connectivity index (χ4n) is 3.47. The first-order valence-electron chi connectivity index (χ1n) is 7.98. The zero-order valence-corrected chi connectivity index (χ0v) is 13.4. The van der Waals surface area contributed by atoms with Crippen LogP contribution in [0.25, 0.3) is 0 Å². The van der Waals surface area contributed by atoms with E-state index in [0.717, 1.165) is 30.6 Å². The number of fused-ring (bicyclic) bond motifs is 1. The van der Waals surface area contributed by atoms with Crippen LogP contribution in [0.1, 0.15) is 37.1 Å². The summed E-state index contributed by atoms with van der Waals surface area (Å²) in [6, 6.07) is 1.75. The number of hydrogen-bond acceptors (Lipinski definition) is 5. The average molecular weight is 319 g/mol. The lowest BCUT2D eigenvalue weighted by Crippen LogP contribution is -2.41. The van der Waals surface area contributed by atoms with Crippen molar-refractivity contribution in [3.05, 3.63) is 17.5 Å². The van der Waals surface area contributed by atoms with Crippen LogP contribution in [0.15, 0.2) is 10.6 Å². The molecule has 2 atom stereocenters. The molecule has 1 saturated carbocycles. The summed E-state index contributed by atoms with van der Waals surface area (Å²) in [6.45, 7) is 1.89. The highest BCUT2D eigenvalue weighted by Crippen LogP contribution is 2.37. The van der Waals surface area contributed by atoms with Gasteiger partial charge in [0.15, 0.2) is 0 Å². The molecule has 1 aromatic heterocycles. The summed E-state index contributed by atoms with van der Waals surface area (Å²) in [7, 11) is 1.63. The highest BCUT2D eigenvalue weighted by atomic mass is 16.5. The highest BCUT2D eigenvalue weighted by molar-refractivity contribution is 6.07. The van der Waals surface area contributed by atoms with E-state index in [1.807, 2.05) is 0 Å². The van der Waals surface area contributed by atoms with E-state index < -0.39 is 0 Å². The standard InChI is InChI=1S/C16H21N3O4/c1-10-7-11(17-23-10)8-18(2)14(20)9-19-15(21)12-5-3-4-6-13(12)16(19)22/h7,12-13H,3-6,8-9H2,1-2H3/t12-,13+. The van der Waals surface area contributed by atoms with Gasteiger partial charge in [-0.15, -0.1) is 0 Å². The van der Waals surface area contributed by atoms with Gasteiger partial charge in [-0.2, -0.15) is 0 Å². The lowest BCUT2D eigenvalue weighted by atomic mass is 9.81. The van der Waals surface area contributed by atoms with E-state index in [1.54, 1.807) is 20.0 Å². The van der Waals surface area contributed by atoms with Gasteiger partial charge in [-0.25, -0.2) is 0 Å². The maximum absolute atomic E-state index is 12.4. The van der Waals surface area contributed by atoms with Crippen molar-refractivity contribution >= 4 is 17.7 Å². The third-order valence-corrected chi connectivity index (χ3v) is 4.73. The molecule has 3 amide bonds. The predicted molar refractivity (Wildman–Crippen MR) is 79.9 cm³/mol. The Morgan fingerprint density at radius 3 is 2.43 bits per heavy atom. The molecule has 1 aliphatic carbocycles. The smallest absolute Gasteiger partial charge is 0.242 e. The van der Waals surface area contributed by atoms with Crippen LogP contribution < -0.4 is 0 Å². The van der Waals surface area contributed by atoms with E-state index in [9.17, 15) is 14.4 Å². The lowest BCUT2D eigenvalue weighted by molar-refractivity contribution is -0.146. The molecule has 0 unspecified atom stereocenters. The van der Waals surface area contributed by atoms with Crippen LogP contribution >= 0.6 is 0 Å². The summed E-state index contributed by atoms with van der Waals surface area (Å²) in [4.78, 5) is 39.7. The molecule has 0 aromatic carbocycles. The van der Waals surface area contributed by atoms with Crippen LogP contribution in [0.2, 0.25) is 0 Å². The normalized spacial score (nSPS) is 24.0. The average Bonchev–Trinajstić information content (AvgIpc) is 3.04. The van der Waals surface area contributed by atoms with Gasteiger partial charge in [-0.1, -0.05) is 18.0 Å². The van der Waals surface area contributed by atoms with Crippen LogP contribution in [-0.2, 0) is 20.9 Å². The first kappa shape index (κ1) is 15.7. The van der Waals surface area contributed by atoms with E-state index in [4.69, 9.17) is 4.52 Å². The number of aromatic nitrogens is 1. The molecular formula is C16H21N3O4. The van der Waals surface area contributed by atoms with Gasteiger partial charge in [0, 0.05) is 13.1 Å². The number of imide groups is 1. The van der Waals surface area contributed by atoms with Crippen LogP contribution in [-0.4, -0.2) is 46.3 Å². The number of likely N-dealkylation sites (N-methyl/N-ethyl adjacent to an activating group) is 1. The molecule has 3 rings (SSSR count). The summed E-state index contributed by atoms with van der Waals surface area (Å²) < 4.78 is 4.97. The second-order valence-electron chi connectivity index (χ2n) is 6.44. The fourth-order valence-corrected chi connectivity index (χ4v) is 3.47. The Morgan fingerprint density at radius 2 is 1.91 bits per heavy atom. The molecule has 2 fully saturated rings. The van der Waals surface area contributed by atoms with Crippen molar-refractivity contribution in [2.45, 2.75) is 39.2 Å². The minimum atomic E-state index is -0.272. The number of amides is 3. The van der Waals surface area contributed by atoms with Gasteiger partial charge in [-0.05, 0) is 19.8 Å². The van der Waals surface area contributed by atoms with E-state index in [-0.39, 0.29) is 36.1 Å². The molecule has 23 heavy (non-hydrogen) atoms. The summed E-state index contributed by atoms with van der Waals surface area (Å²) in [6.07, 6.45) is 3.47. The second-order valence-corrected chi connectivity index (χ2v) is 6.44. The molecule has 0 radical (unpaired) electrons. The van der Waals surface area contributed by atoms with E-state index in [1.165, 1.54) is 4.90 Å².